The topological polar surface area (TPSA) is 69.2 Å². The van der Waals surface area contributed by atoms with Crippen LogP contribution in [0.2, 0.25) is 10.0 Å². The molecule has 27 heavy (non-hydrogen) atoms. The van der Waals surface area contributed by atoms with Gasteiger partial charge in [-0.2, -0.15) is 0 Å². The molecule has 1 unspecified atom stereocenters. The summed E-state index contributed by atoms with van der Waals surface area (Å²) in [7, 11) is 2.09. The predicted molar refractivity (Wildman–Crippen MR) is 109 cm³/mol. The highest BCUT2D eigenvalue weighted by molar-refractivity contribution is 7.99. The maximum absolute atomic E-state index is 12.6. The molecule has 1 saturated heterocycles. The van der Waals surface area contributed by atoms with Crippen LogP contribution < -0.4 is 5.56 Å². The molecule has 2 N–H and O–H groups in total. The molecule has 0 saturated carbocycles. The van der Waals surface area contributed by atoms with E-state index >= 15 is 0 Å². The van der Waals surface area contributed by atoms with Gasteiger partial charge in [0, 0.05) is 22.8 Å². The average Bonchev–Trinajstić information content (AvgIpc) is 3.04. The van der Waals surface area contributed by atoms with Crippen LogP contribution in [0.15, 0.2) is 45.2 Å². The number of rotatable bonds is 3. The van der Waals surface area contributed by atoms with Crippen molar-refractivity contribution in [3.8, 4) is 5.75 Å². The van der Waals surface area contributed by atoms with E-state index in [-0.39, 0.29) is 21.7 Å². The fourth-order valence-electron chi connectivity index (χ4n) is 3.55. The van der Waals surface area contributed by atoms with Crippen LogP contribution in [0.25, 0.3) is 10.9 Å². The number of benzene rings is 1. The third kappa shape index (κ3) is 3.43. The summed E-state index contributed by atoms with van der Waals surface area (Å²) in [5, 5.41) is 12.5. The van der Waals surface area contributed by atoms with Gasteiger partial charge in [0.1, 0.15) is 15.7 Å². The largest absolute Gasteiger partial charge is 0.506 e. The van der Waals surface area contributed by atoms with E-state index in [4.69, 9.17) is 23.2 Å². The highest BCUT2D eigenvalue weighted by Gasteiger charge is 2.26. The number of H-pyrrole nitrogens is 1. The van der Waals surface area contributed by atoms with Crippen molar-refractivity contribution in [3.63, 3.8) is 0 Å². The Labute approximate surface area is 170 Å². The summed E-state index contributed by atoms with van der Waals surface area (Å²) in [6, 6.07) is 7.29. The fourth-order valence-corrected chi connectivity index (χ4v) is 5.10. The number of hydrogen-bond donors (Lipinski definition) is 2. The van der Waals surface area contributed by atoms with Gasteiger partial charge in [-0.25, -0.2) is 4.98 Å². The van der Waals surface area contributed by atoms with Gasteiger partial charge in [0.15, 0.2) is 0 Å². The molecule has 1 aliphatic heterocycles. The van der Waals surface area contributed by atoms with Gasteiger partial charge in [-0.1, -0.05) is 41.0 Å². The van der Waals surface area contributed by atoms with Crippen LogP contribution in [-0.2, 0) is 0 Å². The van der Waals surface area contributed by atoms with Crippen LogP contribution in [0.1, 0.15) is 24.4 Å². The van der Waals surface area contributed by atoms with Crippen molar-refractivity contribution in [2.45, 2.75) is 28.8 Å². The molecule has 5 nitrogen and oxygen atoms in total. The number of halogens is 2. The fraction of sp³-hybridized carbons (Fsp3) is 0.263. The van der Waals surface area contributed by atoms with Crippen molar-refractivity contribution in [1.82, 2.24) is 14.9 Å². The number of hydrogen-bond acceptors (Lipinski definition) is 5. The molecule has 0 radical (unpaired) electrons. The van der Waals surface area contributed by atoms with Gasteiger partial charge in [-0.05, 0) is 44.6 Å². The second-order valence-electron chi connectivity index (χ2n) is 6.58. The third-order valence-corrected chi connectivity index (χ3v) is 6.47. The van der Waals surface area contributed by atoms with Crippen LogP contribution in [0.3, 0.4) is 0 Å². The molecule has 8 heteroatoms. The molecule has 3 heterocycles. The number of likely N-dealkylation sites (tertiary alicyclic amines) is 1. The molecule has 0 spiro atoms. The molecule has 140 valence electrons. The highest BCUT2D eigenvalue weighted by Crippen LogP contribution is 2.42. The summed E-state index contributed by atoms with van der Waals surface area (Å²) < 4.78 is 0. The Hall–Kier alpha value is -1.73. The van der Waals surface area contributed by atoms with Gasteiger partial charge in [0.25, 0.3) is 5.56 Å². The molecule has 1 aliphatic rings. The van der Waals surface area contributed by atoms with Crippen LogP contribution >= 0.6 is 35.0 Å². The molecular formula is C19H17Cl2N3O2S. The smallest absolute Gasteiger partial charge is 0.266 e. The summed E-state index contributed by atoms with van der Waals surface area (Å²) >= 11 is 13.4. The van der Waals surface area contributed by atoms with Crippen molar-refractivity contribution >= 4 is 45.9 Å². The number of aromatic amines is 1. The first-order valence-corrected chi connectivity index (χ1v) is 10.1. The second-order valence-corrected chi connectivity index (χ2v) is 8.42. The summed E-state index contributed by atoms with van der Waals surface area (Å²) in [6.07, 6.45) is 3.86. The molecule has 1 atom stereocenters. The summed E-state index contributed by atoms with van der Waals surface area (Å²) in [6.45, 7) is 1.03. The van der Waals surface area contributed by atoms with Crippen LogP contribution in [0.5, 0.6) is 5.75 Å². The minimum absolute atomic E-state index is 0.156. The summed E-state index contributed by atoms with van der Waals surface area (Å²) in [4.78, 5) is 22.3. The molecule has 0 aliphatic carbocycles. The molecule has 0 amide bonds. The Balaban J connectivity index is 1.82. The zero-order valence-corrected chi connectivity index (χ0v) is 16.8. The first-order chi connectivity index (χ1) is 13.0. The van der Waals surface area contributed by atoms with Crippen molar-refractivity contribution in [2.75, 3.05) is 13.6 Å². The molecule has 1 aromatic carbocycles. The Morgan fingerprint density at radius 3 is 2.93 bits per heavy atom. The molecule has 4 rings (SSSR count). The van der Waals surface area contributed by atoms with E-state index in [0.29, 0.717) is 21.0 Å². The van der Waals surface area contributed by atoms with E-state index in [9.17, 15) is 9.90 Å². The number of nitrogens with one attached hydrogen (secondary N) is 1. The number of pyridine rings is 2. The lowest BCUT2D eigenvalue weighted by atomic mass is 10.1. The first-order valence-electron chi connectivity index (χ1n) is 8.52. The normalized spacial score (nSPS) is 17.7. The van der Waals surface area contributed by atoms with E-state index in [1.54, 1.807) is 12.3 Å². The Morgan fingerprint density at radius 2 is 2.19 bits per heavy atom. The number of aromatic nitrogens is 2. The maximum Gasteiger partial charge on any atom is 0.266 e. The number of aromatic hydroxyl groups is 1. The standard InChI is InChI=1S/C19H17Cl2N3O2S/c1-24-7-3-5-14(24)11-4-2-6-22-19(11)27-17-16(25)15-12(21)8-10(20)9-13(15)23-18(17)26/h2,4,6,8-9,14H,3,5,7H2,1H3,(H2,23,25,26). The lowest BCUT2D eigenvalue weighted by Gasteiger charge is -2.21. The van der Waals surface area contributed by atoms with Gasteiger partial charge >= 0.3 is 0 Å². The van der Waals surface area contributed by atoms with E-state index in [2.05, 4.69) is 21.9 Å². The van der Waals surface area contributed by atoms with E-state index in [0.717, 1.165) is 36.7 Å². The van der Waals surface area contributed by atoms with Crippen molar-refractivity contribution in [3.05, 3.63) is 56.4 Å². The van der Waals surface area contributed by atoms with Gasteiger partial charge in [0.05, 0.1) is 15.9 Å². The van der Waals surface area contributed by atoms with E-state index < -0.39 is 5.56 Å². The first kappa shape index (κ1) is 18.6. The van der Waals surface area contributed by atoms with Crippen molar-refractivity contribution in [2.24, 2.45) is 0 Å². The van der Waals surface area contributed by atoms with E-state index in [1.165, 1.54) is 6.07 Å². The minimum atomic E-state index is -0.403. The summed E-state index contributed by atoms with van der Waals surface area (Å²) in [5.41, 5.74) is 1.06. The zero-order chi connectivity index (χ0) is 19.1. The second kappa shape index (κ2) is 7.36. The van der Waals surface area contributed by atoms with Gasteiger partial charge in [-0.3, -0.25) is 9.69 Å². The van der Waals surface area contributed by atoms with Crippen molar-refractivity contribution < 1.29 is 5.11 Å². The molecule has 2 aromatic heterocycles. The Bertz CT molecular complexity index is 1090. The maximum atomic E-state index is 12.6. The molecule has 0 bridgehead atoms. The Kier molecular flexibility index (Phi) is 5.07. The van der Waals surface area contributed by atoms with Crippen LogP contribution in [-0.4, -0.2) is 33.6 Å². The lowest BCUT2D eigenvalue weighted by Crippen LogP contribution is -2.18. The van der Waals surface area contributed by atoms with Crippen LogP contribution in [0.4, 0.5) is 0 Å². The van der Waals surface area contributed by atoms with Gasteiger partial charge < -0.3 is 10.1 Å². The monoisotopic (exact) mass is 421 g/mol. The summed E-state index contributed by atoms with van der Waals surface area (Å²) in [5.74, 6) is -0.156. The van der Waals surface area contributed by atoms with Crippen molar-refractivity contribution in [1.29, 1.82) is 0 Å². The SMILES string of the molecule is CN1CCCC1c1cccnc1Sc1c(O)c2c(Cl)cc(Cl)cc2[nH]c1=O. The lowest BCUT2D eigenvalue weighted by molar-refractivity contribution is 0.313. The van der Waals surface area contributed by atoms with Crippen LogP contribution in [0, 0.1) is 0 Å². The van der Waals surface area contributed by atoms with Gasteiger partial charge in [-0.15, -0.1) is 0 Å². The molecule has 3 aromatic rings. The third-order valence-electron chi connectivity index (χ3n) is 4.84. The molecular weight excluding hydrogens is 405 g/mol. The average molecular weight is 422 g/mol. The highest BCUT2D eigenvalue weighted by atomic mass is 35.5. The number of nitrogens with zero attached hydrogens (tertiary/aromatic N) is 2. The molecule has 1 fully saturated rings. The zero-order valence-electron chi connectivity index (χ0n) is 14.5. The van der Waals surface area contributed by atoms with E-state index in [1.807, 2.05) is 12.1 Å². The Morgan fingerprint density at radius 1 is 1.37 bits per heavy atom. The quantitative estimate of drug-likeness (QED) is 0.632. The van der Waals surface area contributed by atoms with Gasteiger partial charge in [0.2, 0.25) is 0 Å². The number of fused-ring (bicyclic) bond motifs is 1. The predicted octanol–water partition coefficient (Wildman–Crippen LogP) is 4.85. The minimum Gasteiger partial charge on any atom is -0.506 e.